The van der Waals surface area contributed by atoms with Crippen molar-refractivity contribution in [2.45, 2.75) is 11.3 Å². The molecular formula is C23H31N3O7S. The van der Waals surface area contributed by atoms with E-state index in [1.54, 1.807) is 37.3 Å². The Bertz CT molecular complexity index is 1100. The van der Waals surface area contributed by atoms with Gasteiger partial charge in [0.05, 0.1) is 28.4 Å². The summed E-state index contributed by atoms with van der Waals surface area (Å²) in [5.74, 6) is 2.06. The number of carbonyl (C=O) groups is 1. The van der Waals surface area contributed by atoms with Crippen LogP contribution in [-0.4, -0.2) is 84.8 Å². The molecule has 0 saturated carbocycles. The van der Waals surface area contributed by atoms with Gasteiger partial charge in [-0.15, -0.1) is 0 Å². The van der Waals surface area contributed by atoms with Crippen LogP contribution in [0.15, 0.2) is 41.3 Å². The topological polar surface area (TPSA) is 107 Å². The highest BCUT2D eigenvalue weighted by molar-refractivity contribution is 7.89. The molecular weight excluding hydrogens is 462 g/mol. The van der Waals surface area contributed by atoms with E-state index in [2.05, 4.69) is 5.32 Å². The van der Waals surface area contributed by atoms with Crippen molar-refractivity contribution in [3.8, 4) is 23.0 Å². The molecule has 2 amide bonds. The van der Waals surface area contributed by atoms with Crippen molar-refractivity contribution >= 4 is 16.1 Å². The average Bonchev–Trinajstić information content (AvgIpc) is 2.88. The third kappa shape index (κ3) is 5.65. The number of benzene rings is 2. The number of carbonyl (C=O) groups excluding carboxylic acids is 1. The van der Waals surface area contributed by atoms with Gasteiger partial charge < -0.3 is 29.2 Å². The Kier molecular flexibility index (Phi) is 8.46. The Labute approximate surface area is 200 Å². The first kappa shape index (κ1) is 25.4. The van der Waals surface area contributed by atoms with Gasteiger partial charge in [-0.3, -0.25) is 0 Å². The zero-order valence-electron chi connectivity index (χ0n) is 19.9. The highest BCUT2D eigenvalue weighted by Crippen LogP contribution is 2.31. The van der Waals surface area contributed by atoms with E-state index in [0.717, 1.165) is 5.56 Å². The predicted octanol–water partition coefficient (Wildman–Crippen LogP) is 1.98. The number of urea groups is 1. The summed E-state index contributed by atoms with van der Waals surface area (Å²) in [7, 11) is 2.27. The number of ether oxygens (including phenoxy) is 4. The van der Waals surface area contributed by atoms with Crippen LogP contribution in [0.4, 0.5) is 4.79 Å². The van der Waals surface area contributed by atoms with Crippen molar-refractivity contribution in [2.75, 3.05) is 61.2 Å². The van der Waals surface area contributed by atoms with E-state index in [0.29, 0.717) is 30.2 Å². The van der Waals surface area contributed by atoms with Crippen LogP contribution in [0.1, 0.15) is 5.56 Å². The largest absolute Gasteiger partial charge is 0.497 e. The van der Waals surface area contributed by atoms with Gasteiger partial charge in [0, 0.05) is 44.9 Å². The minimum Gasteiger partial charge on any atom is -0.497 e. The first-order valence-corrected chi connectivity index (χ1v) is 12.2. The zero-order chi connectivity index (χ0) is 24.7. The van der Waals surface area contributed by atoms with E-state index in [4.69, 9.17) is 18.9 Å². The molecule has 10 nitrogen and oxygen atoms in total. The molecule has 0 atom stereocenters. The fourth-order valence-corrected chi connectivity index (χ4v) is 5.32. The van der Waals surface area contributed by atoms with Gasteiger partial charge in [0.25, 0.3) is 0 Å². The van der Waals surface area contributed by atoms with Crippen molar-refractivity contribution in [2.24, 2.45) is 0 Å². The second-order valence-electron chi connectivity index (χ2n) is 7.57. The van der Waals surface area contributed by atoms with Gasteiger partial charge in [-0.05, 0) is 30.2 Å². The number of rotatable bonds is 9. The molecule has 11 heteroatoms. The van der Waals surface area contributed by atoms with Crippen molar-refractivity contribution in [3.63, 3.8) is 0 Å². The summed E-state index contributed by atoms with van der Waals surface area (Å²) < 4.78 is 48.8. The number of nitrogens with one attached hydrogen (secondary N) is 1. The van der Waals surface area contributed by atoms with Crippen molar-refractivity contribution in [1.29, 1.82) is 0 Å². The number of hydrogen-bond acceptors (Lipinski definition) is 7. The summed E-state index contributed by atoms with van der Waals surface area (Å²) in [6, 6.07) is 9.96. The molecule has 1 aliphatic rings. The molecule has 2 aromatic carbocycles. The Balaban J connectivity index is 1.56. The smallest absolute Gasteiger partial charge is 0.317 e. The van der Waals surface area contributed by atoms with Crippen LogP contribution in [0, 0.1) is 0 Å². The molecule has 186 valence electrons. The molecule has 0 unspecified atom stereocenters. The van der Waals surface area contributed by atoms with Crippen molar-refractivity contribution < 1.29 is 32.2 Å². The summed E-state index contributed by atoms with van der Waals surface area (Å²) in [5.41, 5.74) is 0.951. The molecule has 0 bridgehead atoms. The number of nitrogens with zero attached hydrogens (tertiary/aromatic N) is 2. The molecule has 1 saturated heterocycles. The monoisotopic (exact) mass is 493 g/mol. The second kappa shape index (κ2) is 11.3. The predicted molar refractivity (Wildman–Crippen MR) is 127 cm³/mol. The minimum absolute atomic E-state index is 0.0423. The van der Waals surface area contributed by atoms with Gasteiger partial charge in [-0.25, -0.2) is 13.2 Å². The third-order valence-corrected chi connectivity index (χ3v) is 7.60. The van der Waals surface area contributed by atoms with Gasteiger partial charge in [0.2, 0.25) is 10.0 Å². The van der Waals surface area contributed by atoms with Crippen LogP contribution in [0.25, 0.3) is 0 Å². The first-order chi connectivity index (χ1) is 16.3. The van der Waals surface area contributed by atoms with E-state index >= 15 is 0 Å². The summed E-state index contributed by atoms with van der Waals surface area (Å²) in [5, 5.41) is 2.90. The third-order valence-electron chi connectivity index (χ3n) is 5.68. The van der Waals surface area contributed by atoms with Crippen molar-refractivity contribution in [1.82, 2.24) is 14.5 Å². The normalized spacial score (nSPS) is 14.4. The lowest BCUT2D eigenvalue weighted by Crippen LogP contribution is -2.53. The lowest BCUT2D eigenvalue weighted by molar-refractivity contribution is 0.172. The standard InChI is InChI=1S/C23H31N3O7S/c1-30-18-6-5-17(21(15-18)33-4)9-10-24-23(27)25-11-13-26(14-12-25)34(28,29)22-16-19(31-2)7-8-20(22)32-3/h5-8,15-16H,9-14H2,1-4H3,(H,24,27). The maximum atomic E-state index is 13.2. The molecule has 0 aromatic heterocycles. The Morgan fingerprint density at radius 3 is 2.09 bits per heavy atom. The Morgan fingerprint density at radius 1 is 0.853 bits per heavy atom. The maximum Gasteiger partial charge on any atom is 0.317 e. The Morgan fingerprint density at radius 2 is 1.47 bits per heavy atom. The lowest BCUT2D eigenvalue weighted by Gasteiger charge is -2.34. The number of amides is 2. The molecule has 1 fully saturated rings. The molecule has 0 aliphatic carbocycles. The van der Waals surface area contributed by atoms with Gasteiger partial charge in [0.1, 0.15) is 27.9 Å². The zero-order valence-corrected chi connectivity index (χ0v) is 20.7. The quantitative estimate of drug-likeness (QED) is 0.569. The second-order valence-corrected chi connectivity index (χ2v) is 9.47. The van der Waals surface area contributed by atoms with Crippen LogP contribution in [0.3, 0.4) is 0 Å². The van der Waals surface area contributed by atoms with E-state index in [-0.39, 0.29) is 42.9 Å². The minimum atomic E-state index is -3.81. The first-order valence-electron chi connectivity index (χ1n) is 10.8. The SMILES string of the molecule is COc1ccc(CCNC(=O)N2CCN(S(=O)(=O)c3cc(OC)ccc3OC)CC2)c(OC)c1. The number of sulfonamides is 1. The lowest BCUT2D eigenvalue weighted by atomic mass is 10.1. The van der Waals surface area contributed by atoms with E-state index in [9.17, 15) is 13.2 Å². The fourth-order valence-electron chi connectivity index (χ4n) is 3.73. The van der Waals surface area contributed by atoms with E-state index in [1.165, 1.54) is 24.6 Å². The van der Waals surface area contributed by atoms with Crippen LogP contribution < -0.4 is 24.3 Å². The number of methoxy groups -OCH3 is 4. The summed E-state index contributed by atoms with van der Waals surface area (Å²) in [6.07, 6.45) is 0.586. The van der Waals surface area contributed by atoms with Gasteiger partial charge in [-0.2, -0.15) is 4.31 Å². The van der Waals surface area contributed by atoms with E-state index in [1.807, 2.05) is 12.1 Å². The van der Waals surface area contributed by atoms with Gasteiger partial charge in [-0.1, -0.05) is 6.07 Å². The maximum absolute atomic E-state index is 13.2. The summed E-state index contributed by atoms with van der Waals surface area (Å²) >= 11 is 0. The molecule has 1 N–H and O–H groups in total. The molecule has 34 heavy (non-hydrogen) atoms. The van der Waals surface area contributed by atoms with Gasteiger partial charge >= 0.3 is 6.03 Å². The fraction of sp³-hybridized carbons (Fsp3) is 0.435. The molecule has 2 aromatic rings. The Hall–Kier alpha value is -3.18. The van der Waals surface area contributed by atoms with E-state index < -0.39 is 10.0 Å². The van der Waals surface area contributed by atoms with Crippen LogP contribution in [0.5, 0.6) is 23.0 Å². The summed E-state index contributed by atoms with van der Waals surface area (Å²) in [6.45, 7) is 1.35. The molecule has 1 heterocycles. The van der Waals surface area contributed by atoms with Crippen LogP contribution in [0.2, 0.25) is 0 Å². The highest BCUT2D eigenvalue weighted by Gasteiger charge is 2.32. The average molecular weight is 494 g/mol. The van der Waals surface area contributed by atoms with Crippen LogP contribution in [-0.2, 0) is 16.4 Å². The molecule has 1 aliphatic heterocycles. The molecule has 0 radical (unpaired) electrons. The number of piperazine rings is 1. The van der Waals surface area contributed by atoms with Crippen molar-refractivity contribution in [3.05, 3.63) is 42.0 Å². The van der Waals surface area contributed by atoms with Crippen LogP contribution >= 0.6 is 0 Å². The highest BCUT2D eigenvalue weighted by atomic mass is 32.2. The summed E-state index contributed by atoms with van der Waals surface area (Å²) in [4.78, 5) is 14.3. The van der Waals surface area contributed by atoms with Gasteiger partial charge in [0.15, 0.2) is 0 Å². The molecule has 0 spiro atoms. The number of hydrogen-bond donors (Lipinski definition) is 1. The molecule has 3 rings (SSSR count).